The SMILES string of the molecule is COC(=O)NC(=CC[PH](=O)CO)C(=O)OC. The van der Waals surface area contributed by atoms with E-state index in [2.05, 4.69) is 14.8 Å². The van der Waals surface area contributed by atoms with Crippen molar-refractivity contribution in [2.45, 2.75) is 0 Å². The van der Waals surface area contributed by atoms with Gasteiger partial charge in [0, 0.05) is 6.16 Å². The van der Waals surface area contributed by atoms with Crippen molar-refractivity contribution in [1.29, 1.82) is 0 Å². The maximum atomic E-state index is 11.2. The molecule has 0 rings (SSSR count). The van der Waals surface area contributed by atoms with Crippen molar-refractivity contribution in [2.75, 3.05) is 26.7 Å². The first-order chi connectivity index (χ1) is 7.54. The number of ether oxygens (including phenoxy) is 2. The molecule has 0 aromatic carbocycles. The van der Waals surface area contributed by atoms with E-state index in [1.54, 1.807) is 0 Å². The van der Waals surface area contributed by atoms with Gasteiger partial charge in [-0.3, -0.25) is 5.32 Å². The molecule has 1 unspecified atom stereocenters. The van der Waals surface area contributed by atoms with Crippen molar-refractivity contribution in [3.63, 3.8) is 0 Å². The highest BCUT2D eigenvalue weighted by Crippen LogP contribution is 2.18. The van der Waals surface area contributed by atoms with Crippen LogP contribution in [0.1, 0.15) is 0 Å². The van der Waals surface area contributed by atoms with Gasteiger partial charge in [-0.2, -0.15) is 0 Å². The minimum absolute atomic E-state index is 0.00437. The summed E-state index contributed by atoms with van der Waals surface area (Å²) in [6, 6.07) is 0. The third-order valence-electron chi connectivity index (χ3n) is 1.54. The summed E-state index contributed by atoms with van der Waals surface area (Å²) >= 11 is 0. The van der Waals surface area contributed by atoms with E-state index < -0.39 is 26.2 Å². The van der Waals surface area contributed by atoms with Crippen LogP contribution in [0.3, 0.4) is 0 Å². The Morgan fingerprint density at radius 1 is 1.38 bits per heavy atom. The number of rotatable bonds is 5. The van der Waals surface area contributed by atoms with Crippen LogP contribution < -0.4 is 5.32 Å². The number of alkyl carbamates (subject to hydrolysis) is 1. The van der Waals surface area contributed by atoms with Gasteiger partial charge in [-0.1, -0.05) is 0 Å². The Balaban J connectivity index is 4.59. The molecule has 0 aliphatic rings. The summed E-state index contributed by atoms with van der Waals surface area (Å²) in [6.07, 6.45) is -0.0655. The fourth-order valence-electron chi connectivity index (χ4n) is 0.737. The van der Waals surface area contributed by atoms with Gasteiger partial charge in [0.15, 0.2) is 0 Å². The van der Waals surface area contributed by atoms with E-state index in [0.29, 0.717) is 0 Å². The second kappa shape index (κ2) is 7.90. The summed E-state index contributed by atoms with van der Waals surface area (Å²) in [6.45, 7) is 0. The van der Waals surface area contributed by atoms with Crippen LogP contribution in [0.2, 0.25) is 0 Å². The quantitative estimate of drug-likeness (QED) is 0.402. The molecule has 0 saturated heterocycles. The van der Waals surface area contributed by atoms with Gasteiger partial charge in [-0.25, -0.2) is 9.59 Å². The lowest BCUT2D eigenvalue weighted by atomic mass is 10.4. The van der Waals surface area contributed by atoms with Crippen LogP contribution in [0.25, 0.3) is 0 Å². The minimum Gasteiger partial charge on any atom is -0.464 e. The molecule has 0 fully saturated rings. The first-order valence-electron chi connectivity index (χ1n) is 4.31. The predicted molar refractivity (Wildman–Crippen MR) is 56.6 cm³/mol. The summed E-state index contributed by atoms with van der Waals surface area (Å²) in [7, 11) is 0.105. The molecule has 16 heavy (non-hydrogen) atoms. The second-order valence-electron chi connectivity index (χ2n) is 2.63. The molecular weight excluding hydrogens is 237 g/mol. The fraction of sp³-hybridized carbons (Fsp3) is 0.500. The normalized spacial score (nSPS) is 12.8. The van der Waals surface area contributed by atoms with Gasteiger partial charge in [-0.15, -0.1) is 0 Å². The molecule has 0 saturated carbocycles. The molecule has 0 radical (unpaired) electrons. The van der Waals surface area contributed by atoms with Gasteiger partial charge in [0.25, 0.3) is 0 Å². The van der Waals surface area contributed by atoms with Crippen molar-refractivity contribution in [3.05, 3.63) is 11.8 Å². The average Bonchev–Trinajstić information content (AvgIpc) is 2.32. The lowest BCUT2D eigenvalue weighted by Gasteiger charge is -2.06. The van der Waals surface area contributed by atoms with Crippen molar-refractivity contribution in [2.24, 2.45) is 0 Å². The highest BCUT2D eigenvalue weighted by Gasteiger charge is 2.13. The zero-order valence-electron chi connectivity index (χ0n) is 8.98. The highest BCUT2D eigenvalue weighted by molar-refractivity contribution is 7.44. The second-order valence-corrected chi connectivity index (χ2v) is 4.43. The van der Waals surface area contributed by atoms with Gasteiger partial charge in [0.1, 0.15) is 13.5 Å². The Bertz CT molecular complexity index is 314. The average molecular weight is 251 g/mol. The van der Waals surface area contributed by atoms with Gasteiger partial charge in [0.2, 0.25) is 0 Å². The Morgan fingerprint density at radius 2 is 2.00 bits per heavy atom. The fourth-order valence-corrected chi connectivity index (χ4v) is 1.30. The number of esters is 1. The van der Waals surface area contributed by atoms with Gasteiger partial charge in [0.05, 0.1) is 20.6 Å². The first kappa shape index (κ1) is 14.7. The lowest BCUT2D eigenvalue weighted by molar-refractivity contribution is -0.136. The third kappa shape index (κ3) is 5.53. The number of allylic oxidation sites excluding steroid dienone is 1. The molecule has 0 aromatic rings. The van der Waals surface area contributed by atoms with E-state index in [1.165, 1.54) is 6.08 Å². The van der Waals surface area contributed by atoms with Crippen LogP contribution in [-0.4, -0.2) is 43.9 Å². The maximum Gasteiger partial charge on any atom is 0.411 e. The lowest BCUT2D eigenvalue weighted by Crippen LogP contribution is -2.28. The van der Waals surface area contributed by atoms with Crippen LogP contribution >= 0.6 is 7.80 Å². The number of aliphatic hydroxyl groups excluding tert-OH is 1. The van der Waals surface area contributed by atoms with E-state index in [1.807, 2.05) is 0 Å². The van der Waals surface area contributed by atoms with Crippen LogP contribution in [0.5, 0.6) is 0 Å². The summed E-state index contributed by atoms with van der Waals surface area (Å²) in [4.78, 5) is 22.0. The molecule has 0 bridgehead atoms. The largest absolute Gasteiger partial charge is 0.464 e. The molecule has 0 heterocycles. The number of carbonyl (C=O) groups is 2. The van der Waals surface area contributed by atoms with Crippen molar-refractivity contribution < 1.29 is 28.7 Å². The van der Waals surface area contributed by atoms with E-state index >= 15 is 0 Å². The van der Waals surface area contributed by atoms with Crippen LogP contribution in [-0.2, 0) is 18.8 Å². The molecule has 2 N–H and O–H groups in total. The number of nitrogens with one attached hydrogen (secondary N) is 1. The third-order valence-corrected chi connectivity index (χ3v) is 2.55. The van der Waals surface area contributed by atoms with Gasteiger partial charge < -0.3 is 19.1 Å². The minimum atomic E-state index is -2.18. The number of methoxy groups -OCH3 is 2. The van der Waals surface area contributed by atoms with E-state index in [4.69, 9.17) is 5.11 Å². The van der Waals surface area contributed by atoms with Crippen molar-refractivity contribution >= 4 is 19.9 Å². The topological polar surface area (TPSA) is 102 Å². The van der Waals surface area contributed by atoms with Crippen LogP contribution in [0.15, 0.2) is 11.8 Å². The number of carbonyl (C=O) groups excluding carboxylic acids is 2. The summed E-state index contributed by atoms with van der Waals surface area (Å²) < 4.78 is 19.7. The van der Waals surface area contributed by atoms with E-state index in [0.717, 1.165) is 14.2 Å². The van der Waals surface area contributed by atoms with E-state index in [9.17, 15) is 14.2 Å². The molecule has 1 amide bonds. The molecule has 92 valence electrons. The van der Waals surface area contributed by atoms with Crippen LogP contribution in [0.4, 0.5) is 4.79 Å². The molecule has 0 aliphatic heterocycles. The molecule has 1 atom stereocenters. The maximum absolute atomic E-state index is 11.2. The van der Waals surface area contributed by atoms with Crippen molar-refractivity contribution in [1.82, 2.24) is 5.32 Å². The summed E-state index contributed by atoms with van der Waals surface area (Å²) in [5, 5.41) is 10.7. The Labute approximate surface area is 93.2 Å². The number of amides is 1. The Hall–Kier alpha value is -1.33. The van der Waals surface area contributed by atoms with Gasteiger partial charge in [-0.05, 0) is 6.08 Å². The Kier molecular flexibility index (Phi) is 7.24. The molecule has 0 aliphatic carbocycles. The number of hydrogen-bond acceptors (Lipinski definition) is 6. The van der Waals surface area contributed by atoms with Crippen molar-refractivity contribution in [3.8, 4) is 0 Å². The molecule has 0 spiro atoms. The monoisotopic (exact) mass is 251 g/mol. The smallest absolute Gasteiger partial charge is 0.411 e. The number of aliphatic hydroxyl groups is 1. The molecule has 7 nitrogen and oxygen atoms in total. The molecular formula is C8H14NO6P. The molecule has 8 heteroatoms. The highest BCUT2D eigenvalue weighted by atomic mass is 31.1. The van der Waals surface area contributed by atoms with E-state index in [-0.39, 0.29) is 11.9 Å². The number of hydrogen-bond donors (Lipinski definition) is 2. The zero-order chi connectivity index (χ0) is 12.6. The molecule has 0 aromatic heterocycles. The van der Waals surface area contributed by atoms with Crippen LogP contribution in [0, 0.1) is 0 Å². The summed E-state index contributed by atoms with van der Waals surface area (Å²) in [5.74, 6) is -0.780. The predicted octanol–water partition coefficient (Wildman–Crippen LogP) is -0.0912. The Morgan fingerprint density at radius 3 is 2.44 bits per heavy atom. The zero-order valence-corrected chi connectivity index (χ0v) is 9.98. The van der Waals surface area contributed by atoms with Gasteiger partial charge >= 0.3 is 12.1 Å². The first-order valence-corrected chi connectivity index (χ1v) is 6.13. The standard InChI is InChI=1S/C8H14NO6P/c1-14-7(11)6(9-8(12)15-2)3-4-16(13)5-10/h3,10,16H,4-5H2,1-2H3,(H,9,12). The summed E-state index contributed by atoms with van der Waals surface area (Å²) in [5.41, 5.74) is -0.166.